The van der Waals surface area contributed by atoms with E-state index >= 15 is 0 Å². The van der Waals surface area contributed by atoms with Crippen molar-refractivity contribution in [1.82, 2.24) is 0 Å². The Morgan fingerprint density at radius 3 is 2.03 bits per heavy atom. The van der Waals surface area contributed by atoms with Gasteiger partial charge in [0.05, 0.1) is 0 Å². The molecule has 1 heterocycles. The first-order valence-corrected chi connectivity index (χ1v) is 8.61. The van der Waals surface area contributed by atoms with Crippen LogP contribution in [0.1, 0.15) is 5.56 Å². The molecule has 0 saturated carbocycles. The molecule has 0 unspecified atom stereocenters. The molecule has 0 aliphatic carbocycles. The van der Waals surface area contributed by atoms with Gasteiger partial charge in [-0.05, 0) is 6.07 Å². The normalized spacial score (nSPS) is 9.27. The maximum Gasteiger partial charge on any atom is 3.00 e. The third-order valence-corrected chi connectivity index (χ3v) is 4.50. The predicted octanol–water partition coefficient (Wildman–Crippen LogP) is 5.09. The van der Waals surface area contributed by atoms with E-state index in [1.54, 1.807) is 0 Å². The zero-order valence-electron chi connectivity index (χ0n) is 17.6. The van der Waals surface area contributed by atoms with E-state index in [2.05, 4.69) is 73.3 Å². The minimum atomic E-state index is 0. The number of pyridine rings is 1. The van der Waals surface area contributed by atoms with Crippen LogP contribution in [0.25, 0.3) is 33.5 Å². The van der Waals surface area contributed by atoms with Crippen LogP contribution in [0.15, 0.2) is 72.9 Å². The molecule has 3 aromatic carbocycles. The SMILES string of the molecule is Cc1ccc(-c2[c-]cc(-c3[c-]cccc3)[c-]c2)[c-]c1-c1cccc[n+]1C.[B].[CH3-].[Y+3].[Y]. The van der Waals surface area contributed by atoms with Gasteiger partial charge in [-0.3, -0.25) is 0 Å². The van der Waals surface area contributed by atoms with Crippen LogP contribution in [-0.4, -0.2) is 8.41 Å². The summed E-state index contributed by atoms with van der Waals surface area (Å²) in [7, 11) is 2.06. The van der Waals surface area contributed by atoms with Crippen LogP contribution < -0.4 is 4.57 Å². The van der Waals surface area contributed by atoms with Crippen LogP contribution in [0.2, 0.25) is 0 Å². The molecule has 4 radical (unpaired) electrons. The monoisotopic (exact) mass is 536 g/mol. The molecule has 4 rings (SSSR count). The number of aromatic nitrogens is 1. The molecule has 4 aromatic rings. The molecule has 1 aromatic heterocycles. The minimum absolute atomic E-state index is 0. The molecule has 0 fully saturated rings. The zero-order chi connectivity index (χ0) is 17.9. The van der Waals surface area contributed by atoms with Crippen LogP contribution in [0.4, 0.5) is 0 Å². The van der Waals surface area contributed by atoms with Crippen molar-refractivity contribution in [3.05, 3.63) is 110 Å². The molecule has 1 nitrogen and oxygen atoms in total. The molecule has 30 heavy (non-hydrogen) atoms. The topological polar surface area (TPSA) is 3.88 Å². The van der Waals surface area contributed by atoms with Crippen LogP contribution in [0.5, 0.6) is 0 Å². The van der Waals surface area contributed by atoms with Crippen LogP contribution >= 0.6 is 0 Å². The van der Waals surface area contributed by atoms with Crippen molar-refractivity contribution in [3.8, 4) is 33.5 Å². The maximum atomic E-state index is 3.57. The van der Waals surface area contributed by atoms with Crippen LogP contribution in [0, 0.1) is 38.6 Å². The van der Waals surface area contributed by atoms with Crippen molar-refractivity contribution in [1.29, 1.82) is 0 Å². The fraction of sp³-hybridized carbons (Fsp3) is 0.0769. The van der Waals surface area contributed by atoms with E-state index < -0.39 is 0 Å². The first-order valence-electron chi connectivity index (χ1n) is 8.61. The van der Waals surface area contributed by atoms with E-state index in [-0.39, 0.29) is 81.3 Å². The van der Waals surface area contributed by atoms with Gasteiger partial charge in [0.25, 0.3) is 0 Å². The summed E-state index contributed by atoms with van der Waals surface area (Å²) in [5.74, 6) is 0. The molecule has 0 spiro atoms. The summed E-state index contributed by atoms with van der Waals surface area (Å²) in [5, 5.41) is 0. The molecule has 0 bridgehead atoms. The standard InChI is InChI=1S/C25H18N.CH3.B.2Y/c1-19-11-12-23(18-24(19)25-10-6-7-17-26(25)2)22-15-13-21(14-16-22)20-8-4-3-5-9-20;;;;/h3-8,10-13,16-17H,1-2H3;1H3;;;/q-3;-1;;;+3. The molecule has 0 aliphatic rings. The average Bonchev–Trinajstić information content (AvgIpc) is 2.70. The Balaban J connectivity index is 0.00000210. The largest absolute Gasteiger partial charge is 3.00 e. The van der Waals surface area contributed by atoms with E-state index in [4.69, 9.17) is 0 Å². The summed E-state index contributed by atoms with van der Waals surface area (Å²) in [4.78, 5) is 0. The second-order valence-electron chi connectivity index (χ2n) is 6.31. The summed E-state index contributed by atoms with van der Waals surface area (Å²) >= 11 is 0. The Hall–Kier alpha value is -0.917. The van der Waals surface area contributed by atoms with Crippen molar-refractivity contribution in [3.63, 3.8) is 0 Å². The molecule has 0 saturated heterocycles. The number of rotatable bonds is 3. The van der Waals surface area contributed by atoms with Gasteiger partial charge < -0.3 is 7.43 Å². The number of benzene rings is 3. The Labute approximate surface area is 233 Å². The molecule has 0 aliphatic heterocycles. The number of nitrogens with zero attached hydrogens (tertiary/aromatic N) is 1. The van der Waals surface area contributed by atoms with Gasteiger partial charge in [-0.1, -0.05) is 18.6 Å². The fourth-order valence-electron chi connectivity index (χ4n) is 3.03. The first kappa shape index (κ1) is 29.1. The average molecular weight is 536 g/mol. The maximum absolute atomic E-state index is 3.57. The molecule has 4 heteroatoms. The molecular weight excluding hydrogens is 515 g/mol. The van der Waals surface area contributed by atoms with E-state index in [0.29, 0.717) is 0 Å². The summed E-state index contributed by atoms with van der Waals surface area (Å²) in [6, 6.07) is 35.8. The number of hydrogen-bond donors (Lipinski definition) is 0. The van der Waals surface area contributed by atoms with Gasteiger partial charge in [-0.25, -0.2) is 51.1 Å². The second-order valence-corrected chi connectivity index (χ2v) is 6.31. The zero-order valence-corrected chi connectivity index (χ0v) is 23.3. The molecule has 140 valence electrons. The Kier molecular flexibility index (Phi) is 13.1. The second kappa shape index (κ2) is 13.5. The van der Waals surface area contributed by atoms with Crippen molar-refractivity contribution < 1.29 is 70.0 Å². The van der Waals surface area contributed by atoms with Gasteiger partial charge in [0.15, 0.2) is 6.20 Å². The van der Waals surface area contributed by atoms with E-state index in [9.17, 15) is 0 Å². The summed E-state index contributed by atoms with van der Waals surface area (Å²) in [5.41, 5.74) is 7.50. The Morgan fingerprint density at radius 1 is 0.767 bits per heavy atom. The van der Waals surface area contributed by atoms with Gasteiger partial charge in [0.1, 0.15) is 12.7 Å². The number of hydrogen-bond acceptors (Lipinski definition) is 0. The van der Waals surface area contributed by atoms with Crippen molar-refractivity contribution in [2.75, 3.05) is 0 Å². The first-order chi connectivity index (χ1) is 12.7. The third-order valence-electron chi connectivity index (χ3n) is 4.50. The summed E-state index contributed by atoms with van der Waals surface area (Å²) in [6.07, 6.45) is 2.06. The van der Waals surface area contributed by atoms with Crippen molar-refractivity contribution in [2.24, 2.45) is 7.05 Å². The Morgan fingerprint density at radius 2 is 1.43 bits per heavy atom. The molecule has 0 amide bonds. The Bertz CT molecular complexity index is 1050. The van der Waals surface area contributed by atoms with Crippen LogP contribution in [-0.2, 0) is 72.5 Å². The minimum Gasteiger partial charge on any atom is -0.358 e. The van der Waals surface area contributed by atoms with Gasteiger partial charge in [0, 0.05) is 47.2 Å². The van der Waals surface area contributed by atoms with Crippen LogP contribution in [0.3, 0.4) is 0 Å². The molecule has 0 atom stereocenters. The van der Waals surface area contributed by atoms with Gasteiger partial charge in [-0.2, -0.15) is 36.4 Å². The van der Waals surface area contributed by atoms with Crippen molar-refractivity contribution >= 4 is 8.41 Å². The predicted molar refractivity (Wildman–Crippen MR) is 116 cm³/mol. The van der Waals surface area contributed by atoms with Gasteiger partial charge in [-0.15, -0.1) is 17.7 Å². The third kappa shape index (κ3) is 6.54. The molecular formula is C26H21BNY2-. The fourth-order valence-corrected chi connectivity index (χ4v) is 3.03. The van der Waals surface area contributed by atoms with E-state index in [1.165, 1.54) is 5.56 Å². The smallest absolute Gasteiger partial charge is 0.358 e. The van der Waals surface area contributed by atoms with E-state index in [0.717, 1.165) is 33.5 Å². The summed E-state index contributed by atoms with van der Waals surface area (Å²) in [6.45, 7) is 2.12. The quantitative estimate of drug-likeness (QED) is 0.196. The number of aryl methyl sites for hydroxylation is 2. The summed E-state index contributed by atoms with van der Waals surface area (Å²) < 4.78 is 2.12. The van der Waals surface area contributed by atoms with Gasteiger partial charge in [0.2, 0.25) is 0 Å². The van der Waals surface area contributed by atoms with Crippen molar-refractivity contribution in [2.45, 2.75) is 6.92 Å². The van der Waals surface area contributed by atoms with E-state index in [1.807, 2.05) is 42.5 Å². The molecule has 0 N–H and O–H groups in total. The van der Waals surface area contributed by atoms with Gasteiger partial charge >= 0.3 is 32.7 Å².